The van der Waals surface area contributed by atoms with Gasteiger partial charge in [0.1, 0.15) is 5.75 Å². The van der Waals surface area contributed by atoms with Crippen molar-refractivity contribution in [2.45, 2.75) is 0 Å². The van der Waals surface area contributed by atoms with Crippen molar-refractivity contribution < 1.29 is 24.0 Å². The van der Waals surface area contributed by atoms with E-state index in [4.69, 9.17) is 21.1 Å². The van der Waals surface area contributed by atoms with Gasteiger partial charge in [-0.1, -0.05) is 22.9 Å². The number of aromatic nitrogens is 1. The maximum absolute atomic E-state index is 11.9. The monoisotopic (exact) mass is 421 g/mol. The van der Waals surface area contributed by atoms with Gasteiger partial charge < -0.3 is 9.47 Å². The van der Waals surface area contributed by atoms with Gasteiger partial charge in [0.25, 0.3) is 11.6 Å². The topological polar surface area (TPSA) is 121 Å². The average molecular weight is 422 g/mol. The summed E-state index contributed by atoms with van der Waals surface area (Å²) in [5, 5.41) is 14.1. The number of anilines is 1. The number of ether oxygens (including phenoxy) is 2. The Labute approximate surface area is 167 Å². The Bertz CT molecular complexity index is 1040. The first-order valence-electron chi connectivity index (χ1n) is 7.79. The van der Waals surface area contributed by atoms with Crippen LogP contribution in [0, 0.1) is 10.1 Å². The molecule has 0 aliphatic carbocycles. The normalized spacial score (nSPS) is 10.5. The predicted octanol–water partition coefficient (Wildman–Crippen LogP) is 3.42. The van der Waals surface area contributed by atoms with Crippen LogP contribution in [0.2, 0.25) is 5.02 Å². The van der Waals surface area contributed by atoms with E-state index in [9.17, 15) is 19.7 Å². The lowest BCUT2D eigenvalue weighted by Gasteiger charge is -2.06. The minimum Gasteiger partial charge on any atom is -0.482 e. The number of carbonyl (C=O) groups excluding carboxylic acids is 2. The van der Waals surface area contributed by atoms with Gasteiger partial charge in [0.05, 0.1) is 15.1 Å². The molecule has 9 nitrogen and oxygen atoms in total. The quantitative estimate of drug-likeness (QED) is 0.352. The van der Waals surface area contributed by atoms with E-state index in [0.29, 0.717) is 21.0 Å². The second kappa shape index (κ2) is 8.63. The van der Waals surface area contributed by atoms with Crippen LogP contribution in [0.15, 0.2) is 42.5 Å². The molecule has 28 heavy (non-hydrogen) atoms. The number of nitro benzene ring substituents is 1. The van der Waals surface area contributed by atoms with Gasteiger partial charge in [-0.25, -0.2) is 9.78 Å². The van der Waals surface area contributed by atoms with Crippen LogP contribution in [0.1, 0.15) is 0 Å². The first kappa shape index (κ1) is 19.5. The first-order chi connectivity index (χ1) is 13.4. The van der Waals surface area contributed by atoms with Crippen LogP contribution < -0.4 is 10.1 Å². The van der Waals surface area contributed by atoms with E-state index in [-0.39, 0.29) is 17.4 Å². The Morgan fingerprint density at radius 3 is 2.64 bits per heavy atom. The zero-order valence-electron chi connectivity index (χ0n) is 14.1. The molecule has 0 spiro atoms. The average Bonchev–Trinajstić information content (AvgIpc) is 3.07. The molecular formula is C17H12ClN3O6S. The fourth-order valence-corrected chi connectivity index (χ4v) is 3.14. The molecule has 1 aromatic heterocycles. The number of rotatable bonds is 7. The van der Waals surface area contributed by atoms with Gasteiger partial charge in [0, 0.05) is 17.2 Å². The lowest BCUT2D eigenvalue weighted by atomic mass is 10.3. The highest BCUT2D eigenvalue weighted by Crippen LogP contribution is 2.29. The van der Waals surface area contributed by atoms with Gasteiger partial charge in [0.15, 0.2) is 18.3 Å². The van der Waals surface area contributed by atoms with Crippen molar-refractivity contribution in [1.29, 1.82) is 0 Å². The number of amides is 1. The molecule has 0 atom stereocenters. The van der Waals surface area contributed by atoms with Crippen LogP contribution in [0.5, 0.6) is 5.75 Å². The van der Waals surface area contributed by atoms with Gasteiger partial charge in [0.2, 0.25) is 0 Å². The smallest absolute Gasteiger partial charge is 0.344 e. The van der Waals surface area contributed by atoms with E-state index in [1.165, 1.54) is 18.2 Å². The molecule has 1 heterocycles. The summed E-state index contributed by atoms with van der Waals surface area (Å²) >= 11 is 6.82. The predicted molar refractivity (Wildman–Crippen MR) is 103 cm³/mol. The van der Waals surface area contributed by atoms with Crippen molar-refractivity contribution in [3.05, 3.63) is 57.6 Å². The third-order valence-corrected chi connectivity index (χ3v) is 4.55. The molecule has 3 rings (SSSR count). The number of nitrogens with zero attached hydrogens (tertiary/aromatic N) is 2. The van der Waals surface area contributed by atoms with Crippen molar-refractivity contribution in [1.82, 2.24) is 4.98 Å². The van der Waals surface area contributed by atoms with Gasteiger partial charge in [-0.05, 0) is 30.3 Å². The molecule has 0 saturated heterocycles. The Hall–Kier alpha value is -3.24. The van der Waals surface area contributed by atoms with Crippen LogP contribution >= 0.6 is 22.9 Å². The molecule has 0 bridgehead atoms. The summed E-state index contributed by atoms with van der Waals surface area (Å²) in [6.07, 6.45) is 0. The highest BCUT2D eigenvalue weighted by Gasteiger charge is 2.13. The van der Waals surface area contributed by atoms with Gasteiger partial charge in [-0.2, -0.15) is 0 Å². The third-order valence-electron chi connectivity index (χ3n) is 3.36. The lowest BCUT2D eigenvalue weighted by Crippen LogP contribution is -2.23. The molecule has 0 aliphatic heterocycles. The standard InChI is InChI=1S/C17H12ClN3O6S/c18-10-1-4-12(5-2-10)26-9-16(23)27-8-15(22)20-17-19-13-6-3-11(21(24)25)7-14(13)28-17/h1-7H,8-9H2,(H,19,20,22). The molecule has 1 N–H and O–H groups in total. The number of non-ortho nitro benzene ring substituents is 1. The summed E-state index contributed by atoms with van der Waals surface area (Å²) in [5.41, 5.74) is 0.447. The summed E-state index contributed by atoms with van der Waals surface area (Å²) in [7, 11) is 0. The molecule has 0 saturated carbocycles. The third kappa shape index (κ3) is 5.15. The fraction of sp³-hybridized carbons (Fsp3) is 0.118. The van der Waals surface area contributed by atoms with E-state index in [0.717, 1.165) is 11.3 Å². The highest BCUT2D eigenvalue weighted by molar-refractivity contribution is 7.22. The van der Waals surface area contributed by atoms with Crippen molar-refractivity contribution >= 4 is 55.8 Å². The van der Waals surface area contributed by atoms with E-state index in [1.807, 2.05) is 0 Å². The summed E-state index contributed by atoms with van der Waals surface area (Å²) in [6.45, 7) is -0.876. The van der Waals surface area contributed by atoms with Crippen LogP contribution in [0.4, 0.5) is 10.8 Å². The zero-order chi connectivity index (χ0) is 20.1. The SMILES string of the molecule is O=C(COC(=O)COc1ccc(Cl)cc1)Nc1nc2ccc([N+](=O)[O-])cc2s1. The number of carbonyl (C=O) groups is 2. The Kier molecular flexibility index (Phi) is 6.02. The number of halogens is 1. The number of benzene rings is 2. The van der Waals surface area contributed by atoms with Crippen molar-refractivity contribution in [3.8, 4) is 5.75 Å². The minimum atomic E-state index is -0.718. The lowest BCUT2D eigenvalue weighted by molar-refractivity contribution is -0.384. The number of esters is 1. The molecule has 11 heteroatoms. The maximum atomic E-state index is 11.9. The number of nitrogens with one attached hydrogen (secondary N) is 1. The Balaban J connectivity index is 1.48. The van der Waals surface area contributed by atoms with Gasteiger partial charge in [-0.15, -0.1) is 0 Å². The molecule has 0 radical (unpaired) electrons. The molecule has 3 aromatic rings. The minimum absolute atomic E-state index is 0.0661. The molecule has 144 valence electrons. The first-order valence-corrected chi connectivity index (χ1v) is 8.99. The maximum Gasteiger partial charge on any atom is 0.344 e. The highest BCUT2D eigenvalue weighted by atomic mass is 35.5. The van der Waals surface area contributed by atoms with Crippen LogP contribution in [-0.4, -0.2) is 35.0 Å². The van der Waals surface area contributed by atoms with Crippen molar-refractivity contribution in [2.75, 3.05) is 18.5 Å². The largest absolute Gasteiger partial charge is 0.482 e. The van der Waals surface area contributed by atoms with E-state index in [1.54, 1.807) is 24.3 Å². The van der Waals surface area contributed by atoms with Crippen molar-refractivity contribution in [3.63, 3.8) is 0 Å². The van der Waals surface area contributed by atoms with Crippen LogP contribution in [0.3, 0.4) is 0 Å². The molecule has 2 aromatic carbocycles. The number of hydrogen-bond donors (Lipinski definition) is 1. The zero-order valence-corrected chi connectivity index (χ0v) is 15.7. The number of fused-ring (bicyclic) bond motifs is 1. The summed E-state index contributed by atoms with van der Waals surface area (Å²) in [6, 6.07) is 10.6. The summed E-state index contributed by atoms with van der Waals surface area (Å²) in [4.78, 5) is 38.0. The molecular weight excluding hydrogens is 410 g/mol. The molecule has 0 aliphatic rings. The van der Waals surface area contributed by atoms with Crippen LogP contribution in [-0.2, 0) is 14.3 Å². The molecule has 1 amide bonds. The summed E-state index contributed by atoms with van der Waals surface area (Å²) in [5.74, 6) is -0.868. The summed E-state index contributed by atoms with van der Waals surface area (Å²) < 4.78 is 10.6. The van der Waals surface area contributed by atoms with E-state index < -0.39 is 23.4 Å². The molecule has 0 fully saturated rings. The number of hydrogen-bond acceptors (Lipinski definition) is 8. The Morgan fingerprint density at radius 2 is 1.93 bits per heavy atom. The van der Waals surface area contributed by atoms with Crippen LogP contribution in [0.25, 0.3) is 10.2 Å². The number of nitro groups is 1. The van der Waals surface area contributed by atoms with Gasteiger partial charge in [-0.3, -0.25) is 20.2 Å². The van der Waals surface area contributed by atoms with E-state index in [2.05, 4.69) is 10.3 Å². The van der Waals surface area contributed by atoms with Crippen molar-refractivity contribution in [2.24, 2.45) is 0 Å². The fourth-order valence-electron chi connectivity index (χ4n) is 2.10. The Morgan fingerprint density at radius 1 is 1.18 bits per heavy atom. The second-order valence-corrected chi connectivity index (χ2v) is 6.85. The number of thiazole rings is 1. The van der Waals surface area contributed by atoms with Gasteiger partial charge >= 0.3 is 5.97 Å². The molecule has 0 unspecified atom stereocenters. The second-order valence-electron chi connectivity index (χ2n) is 5.38. The van der Waals surface area contributed by atoms with E-state index >= 15 is 0 Å².